The predicted octanol–water partition coefficient (Wildman–Crippen LogP) is -0.906. The Morgan fingerprint density at radius 3 is 2.59 bits per heavy atom. The lowest BCUT2D eigenvalue weighted by atomic mass is 10.1. The Balaban J connectivity index is 1.91. The molecule has 0 aliphatic carbocycles. The standard InChI is InChI=1S/C16H19N7O4/c1-6-7(2)21-22-14(20-6)8-3-23(15-10(8)13(17)18-5-19-15)16-12(26)11(25)9(4-24)27-16/h3,5,9,11-12,16,24-26H,4H2,1-2H3,(H2,17,18,19)/t9-,11+,12+,16+/m0/s1. The molecule has 3 aromatic heterocycles. The van der Waals surface area contributed by atoms with Crippen LogP contribution in [-0.4, -0.2) is 70.0 Å². The fraction of sp³-hybridized carbons (Fsp3) is 0.438. The Labute approximate surface area is 153 Å². The number of aliphatic hydroxyl groups excluding tert-OH is 3. The lowest BCUT2D eigenvalue weighted by Crippen LogP contribution is -2.33. The second-order valence-corrected chi connectivity index (χ2v) is 6.44. The third-order valence-corrected chi connectivity index (χ3v) is 4.76. The van der Waals surface area contributed by atoms with E-state index in [4.69, 9.17) is 10.5 Å². The zero-order chi connectivity index (χ0) is 19.3. The lowest BCUT2D eigenvalue weighted by molar-refractivity contribution is -0.0508. The van der Waals surface area contributed by atoms with E-state index in [1.165, 1.54) is 10.9 Å². The van der Waals surface area contributed by atoms with Crippen LogP contribution in [0.15, 0.2) is 12.5 Å². The Kier molecular flexibility index (Phi) is 4.23. The molecule has 4 rings (SSSR count). The summed E-state index contributed by atoms with van der Waals surface area (Å²) in [7, 11) is 0. The molecule has 0 amide bonds. The summed E-state index contributed by atoms with van der Waals surface area (Å²) in [6, 6.07) is 0. The highest BCUT2D eigenvalue weighted by molar-refractivity contribution is 5.99. The topological polar surface area (TPSA) is 165 Å². The molecule has 0 unspecified atom stereocenters. The van der Waals surface area contributed by atoms with Crippen molar-refractivity contribution in [2.45, 2.75) is 38.4 Å². The molecule has 1 aliphatic rings. The number of anilines is 1. The fourth-order valence-corrected chi connectivity index (χ4v) is 3.15. The second-order valence-electron chi connectivity index (χ2n) is 6.44. The largest absolute Gasteiger partial charge is 0.394 e. The molecule has 27 heavy (non-hydrogen) atoms. The van der Waals surface area contributed by atoms with E-state index < -0.39 is 31.1 Å². The van der Waals surface area contributed by atoms with Gasteiger partial charge in [0.25, 0.3) is 0 Å². The smallest absolute Gasteiger partial charge is 0.184 e. The fourth-order valence-electron chi connectivity index (χ4n) is 3.15. The van der Waals surface area contributed by atoms with Gasteiger partial charge in [0.15, 0.2) is 12.1 Å². The van der Waals surface area contributed by atoms with Gasteiger partial charge in [-0.05, 0) is 13.8 Å². The van der Waals surface area contributed by atoms with Crippen molar-refractivity contribution in [2.75, 3.05) is 12.3 Å². The molecule has 4 atom stereocenters. The SMILES string of the molecule is Cc1nnc(-c2cn([C@@H]3O[C@@H](CO)[C@@H](O)[C@H]3O)c3ncnc(N)c23)nc1C. The lowest BCUT2D eigenvalue weighted by Gasteiger charge is -2.17. The summed E-state index contributed by atoms with van der Waals surface area (Å²) < 4.78 is 7.15. The third kappa shape index (κ3) is 2.72. The van der Waals surface area contributed by atoms with Gasteiger partial charge >= 0.3 is 0 Å². The zero-order valence-corrected chi connectivity index (χ0v) is 14.7. The number of hydrogen-bond acceptors (Lipinski definition) is 10. The van der Waals surface area contributed by atoms with Gasteiger partial charge in [-0.1, -0.05) is 0 Å². The normalized spacial score (nSPS) is 25.4. The summed E-state index contributed by atoms with van der Waals surface area (Å²) in [4.78, 5) is 12.7. The van der Waals surface area contributed by atoms with Crippen molar-refractivity contribution in [1.29, 1.82) is 0 Å². The van der Waals surface area contributed by atoms with Crippen molar-refractivity contribution in [1.82, 2.24) is 29.7 Å². The van der Waals surface area contributed by atoms with Gasteiger partial charge in [-0.25, -0.2) is 15.0 Å². The molecule has 11 heteroatoms. The zero-order valence-electron chi connectivity index (χ0n) is 14.7. The van der Waals surface area contributed by atoms with Crippen molar-refractivity contribution in [2.24, 2.45) is 0 Å². The maximum absolute atomic E-state index is 10.4. The van der Waals surface area contributed by atoms with Crippen LogP contribution in [0.2, 0.25) is 0 Å². The van der Waals surface area contributed by atoms with Crippen LogP contribution in [0.25, 0.3) is 22.4 Å². The highest BCUT2D eigenvalue weighted by atomic mass is 16.6. The van der Waals surface area contributed by atoms with Gasteiger partial charge < -0.3 is 30.4 Å². The number of nitrogens with zero attached hydrogens (tertiary/aromatic N) is 6. The first-order chi connectivity index (χ1) is 12.9. The van der Waals surface area contributed by atoms with Crippen LogP contribution < -0.4 is 5.73 Å². The molecule has 4 heterocycles. The molecule has 1 fully saturated rings. The number of nitrogen functional groups attached to an aromatic ring is 1. The molecular weight excluding hydrogens is 354 g/mol. The summed E-state index contributed by atoms with van der Waals surface area (Å²) in [5, 5.41) is 38.5. The number of aryl methyl sites for hydroxylation is 2. The number of fused-ring (bicyclic) bond motifs is 1. The Hall–Kier alpha value is -2.73. The molecule has 142 valence electrons. The number of ether oxygens (including phenoxy) is 1. The molecular formula is C16H19N7O4. The number of nitrogens with two attached hydrogens (primary N) is 1. The minimum atomic E-state index is -1.26. The van der Waals surface area contributed by atoms with Crippen LogP contribution in [0.4, 0.5) is 5.82 Å². The van der Waals surface area contributed by atoms with E-state index in [2.05, 4.69) is 25.1 Å². The molecule has 1 saturated heterocycles. The van der Waals surface area contributed by atoms with E-state index in [0.29, 0.717) is 33.8 Å². The highest BCUT2D eigenvalue weighted by Gasteiger charge is 2.44. The molecule has 11 nitrogen and oxygen atoms in total. The molecule has 0 aromatic carbocycles. The molecule has 0 saturated carbocycles. The van der Waals surface area contributed by atoms with Gasteiger partial charge in [-0.2, -0.15) is 5.10 Å². The Bertz CT molecular complexity index is 1010. The van der Waals surface area contributed by atoms with Gasteiger partial charge in [0.05, 0.1) is 28.9 Å². The van der Waals surface area contributed by atoms with Gasteiger partial charge in [-0.15, -0.1) is 5.10 Å². The van der Waals surface area contributed by atoms with Crippen LogP contribution in [0.5, 0.6) is 0 Å². The van der Waals surface area contributed by atoms with E-state index in [1.54, 1.807) is 13.1 Å². The van der Waals surface area contributed by atoms with Crippen LogP contribution in [0.3, 0.4) is 0 Å². The van der Waals surface area contributed by atoms with Gasteiger partial charge in [0.1, 0.15) is 36.1 Å². The van der Waals surface area contributed by atoms with E-state index in [0.717, 1.165) is 0 Å². The first-order valence-corrected chi connectivity index (χ1v) is 8.34. The summed E-state index contributed by atoms with van der Waals surface area (Å²) in [6.07, 6.45) is -1.47. The molecule has 3 aromatic rings. The van der Waals surface area contributed by atoms with Crippen molar-refractivity contribution in [3.63, 3.8) is 0 Å². The summed E-state index contributed by atoms with van der Waals surface area (Å²) >= 11 is 0. The van der Waals surface area contributed by atoms with E-state index in [9.17, 15) is 15.3 Å². The number of aromatic nitrogens is 6. The van der Waals surface area contributed by atoms with Crippen LogP contribution in [0, 0.1) is 13.8 Å². The number of rotatable bonds is 3. The molecule has 0 radical (unpaired) electrons. The van der Waals surface area contributed by atoms with Crippen molar-refractivity contribution in [3.05, 3.63) is 23.9 Å². The summed E-state index contributed by atoms with van der Waals surface area (Å²) in [5.41, 5.74) is 8.38. The Morgan fingerprint density at radius 1 is 1.15 bits per heavy atom. The summed E-state index contributed by atoms with van der Waals surface area (Å²) in [6.45, 7) is 3.19. The van der Waals surface area contributed by atoms with Crippen LogP contribution in [-0.2, 0) is 4.74 Å². The van der Waals surface area contributed by atoms with Crippen molar-refractivity contribution in [3.8, 4) is 11.4 Å². The maximum atomic E-state index is 10.4. The average molecular weight is 373 g/mol. The van der Waals surface area contributed by atoms with Gasteiger partial charge in [0.2, 0.25) is 0 Å². The molecule has 0 spiro atoms. The van der Waals surface area contributed by atoms with Gasteiger partial charge in [0, 0.05) is 6.20 Å². The first kappa shape index (κ1) is 17.7. The number of hydrogen-bond donors (Lipinski definition) is 4. The van der Waals surface area contributed by atoms with Crippen LogP contribution in [0.1, 0.15) is 17.6 Å². The van der Waals surface area contributed by atoms with E-state index in [1.807, 2.05) is 6.92 Å². The van der Waals surface area contributed by atoms with E-state index in [-0.39, 0.29) is 5.82 Å². The third-order valence-electron chi connectivity index (χ3n) is 4.76. The monoisotopic (exact) mass is 373 g/mol. The van der Waals surface area contributed by atoms with Gasteiger partial charge in [-0.3, -0.25) is 0 Å². The molecule has 1 aliphatic heterocycles. The first-order valence-electron chi connectivity index (χ1n) is 8.34. The summed E-state index contributed by atoms with van der Waals surface area (Å²) in [5.74, 6) is 0.539. The Morgan fingerprint density at radius 2 is 1.93 bits per heavy atom. The predicted molar refractivity (Wildman–Crippen MR) is 93.2 cm³/mol. The van der Waals surface area contributed by atoms with Crippen LogP contribution >= 0.6 is 0 Å². The molecule has 5 N–H and O–H groups in total. The minimum absolute atomic E-state index is 0.210. The highest BCUT2D eigenvalue weighted by Crippen LogP contribution is 2.37. The second kappa shape index (κ2) is 6.46. The average Bonchev–Trinajstić information content (AvgIpc) is 3.17. The van der Waals surface area contributed by atoms with E-state index >= 15 is 0 Å². The quantitative estimate of drug-likeness (QED) is 0.451. The maximum Gasteiger partial charge on any atom is 0.184 e. The minimum Gasteiger partial charge on any atom is -0.394 e. The van der Waals surface area contributed by atoms with Crippen molar-refractivity contribution >= 4 is 16.9 Å². The number of aliphatic hydroxyl groups is 3. The molecule has 0 bridgehead atoms. The van der Waals surface area contributed by atoms with Crippen molar-refractivity contribution < 1.29 is 20.1 Å².